The first kappa shape index (κ1) is 14.6. The van der Waals surface area contributed by atoms with Gasteiger partial charge in [-0.25, -0.2) is 0 Å². The molecular weight excluding hydrogens is 290 g/mol. The lowest BCUT2D eigenvalue weighted by atomic mass is 9.99. The summed E-state index contributed by atoms with van der Waals surface area (Å²) in [7, 11) is 0. The van der Waals surface area contributed by atoms with E-state index in [1.54, 1.807) is 0 Å². The topological polar surface area (TPSA) is 12.9 Å². The summed E-state index contributed by atoms with van der Waals surface area (Å²) in [5.41, 5.74) is 4.51. The molecule has 2 aromatic carbocycles. The van der Waals surface area contributed by atoms with Gasteiger partial charge in [-0.05, 0) is 41.8 Å². The van der Waals surface area contributed by atoms with Crippen LogP contribution >= 0.6 is 11.6 Å². The lowest BCUT2D eigenvalue weighted by Gasteiger charge is -2.08. The summed E-state index contributed by atoms with van der Waals surface area (Å²) in [5.74, 6) is 0. The van der Waals surface area contributed by atoms with E-state index in [-0.39, 0.29) is 0 Å². The fraction of sp³-hybridized carbons (Fsp3) is 0.0500. The molecule has 0 fully saturated rings. The normalized spacial score (nSPS) is 11.4. The van der Waals surface area contributed by atoms with Crippen molar-refractivity contribution in [2.24, 2.45) is 0 Å². The van der Waals surface area contributed by atoms with Crippen LogP contribution in [0.25, 0.3) is 5.57 Å². The van der Waals surface area contributed by atoms with E-state index in [1.807, 2.05) is 54.7 Å². The monoisotopic (exact) mass is 305 g/mol. The molecule has 3 aromatic rings. The van der Waals surface area contributed by atoms with Crippen LogP contribution in [0.3, 0.4) is 0 Å². The summed E-state index contributed by atoms with van der Waals surface area (Å²) in [6.07, 6.45) is 4.91. The van der Waals surface area contributed by atoms with E-state index >= 15 is 0 Å². The zero-order valence-electron chi connectivity index (χ0n) is 12.1. The van der Waals surface area contributed by atoms with E-state index < -0.39 is 0 Å². The minimum Gasteiger partial charge on any atom is -0.256 e. The van der Waals surface area contributed by atoms with Gasteiger partial charge in [0.05, 0.1) is 5.69 Å². The molecule has 0 amide bonds. The van der Waals surface area contributed by atoms with Crippen molar-refractivity contribution in [3.05, 3.63) is 107 Å². The molecule has 0 bridgehead atoms. The van der Waals surface area contributed by atoms with E-state index in [0.29, 0.717) is 0 Å². The van der Waals surface area contributed by atoms with Crippen LogP contribution in [0.1, 0.15) is 16.8 Å². The fourth-order valence-electron chi connectivity index (χ4n) is 2.36. The SMILES string of the molecule is Clc1ccc(/C(=C\Cc2ccccc2)c2ccccn2)cc1. The van der Waals surface area contributed by atoms with Gasteiger partial charge in [0, 0.05) is 16.8 Å². The molecule has 0 N–H and O–H groups in total. The average molecular weight is 306 g/mol. The second-order valence-corrected chi connectivity index (χ2v) is 5.47. The molecule has 0 aliphatic rings. The van der Waals surface area contributed by atoms with Crippen LogP contribution in [0.2, 0.25) is 5.02 Å². The second-order valence-electron chi connectivity index (χ2n) is 5.03. The molecule has 0 aliphatic heterocycles. The van der Waals surface area contributed by atoms with Crippen LogP contribution in [0.4, 0.5) is 0 Å². The minimum atomic E-state index is 0.743. The van der Waals surface area contributed by atoms with Gasteiger partial charge in [-0.2, -0.15) is 0 Å². The van der Waals surface area contributed by atoms with Crippen LogP contribution < -0.4 is 0 Å². The molecule has 0 unspecified atom stereocenters. The lowest BCUT2D eigenvalue weighted by molar-refractivity contribution is 1.23. The molecule has 0 aliphatic carbocycles. The largest absolute Gasteiger partial charge is 0.256 e. The van der Waals surface area contributed by atoms with E-state index in [4.69, 9.17) is 11.6 Å². The Morgan fingerprint density at radius 3 is 2.27 bits per heavy atom. The predicted molar refractivity (Wildman–Crippen MR) is 92.9 cm³/mol. The van der Waals surface area contributed by atoms with Crippen molar-refractivity contribution in [1.29, 1.82) is 0 Å². The molecular formula is C20H16ClN. The van der Waals surface area contributed by atoms with Crippen molar-refractivity contribution in [3.8, 4) is 0 Å². The summed E-state index contributed by atoms with van der Waals surface area (Å²) in [6, 6.07) is 24.3. The molecule has 1 heterocycles. The van der Waals surface area contributed by atoms with E-state index in [9.17, 15) is 0 Å². The third kappa shape index (κ3) is 3.63. The Hall–Kier alpha value is -2.38. The summed E-state index contributed by atoms with van der Waals surface area (Å²) in [4.78, 5) is 4.49. The number of hydrogen-bond donors (Lipinski definition) is 0. The van der Waals surface area contributed by atoms with E-state index in [1.165, 1.54) is 5.56 Å². The van der Waals surface area contributed by atoms with Gasteiger partial charge < -0.3 is 0 Å². The van der Waals surface area contributed by atoms with Gasteiger partial charge in [-0.15, -0.1) is 0 Å². The van der Waals surface area contributed by atoms with Crippen LogP contribution in [0, 0.1) is 0 Å². The molecule has 0 atom stereocenters. The van der Waals surface area contributed by atoms with E-state index in [0.717, 1.165) is 28.3 Å². The number of pyridine rings is 1. The quantitative estimate of drug-likeness (QED) is 0.628. The highest BCUT2D eigenvalue weighted by Crippen LogP contribution is 2.24. The molecule has 0 spiro atoms. The van der Waals surface area contributed by atoms with Crippen molar-refractivity contribution in [1.82, 2.24) is 4.98 Å². The lowest BCUT2D eigenvalue weighted by Crippen LogP contribution is -1.92. The number of benzene rings is 2. The third-order valence-electron chi connectivity index (χ3n) is 3.48. The van der Waals surface area contributed by atoms with Crippen LogP contribution in [0.5, 0.6) is 0 Å². The van der Waals surface area contributed by atoms with Gasteiger partial charge in [-0.1, -0.05) is 66.2 Å². The summed E-state index contributed by atoms with van der Waals surface area (Å²) >= 11 is 6.00. The molecule has 0 radical (unpaired) electrons. The summed E-state index contributed by atoms with van der Waals surface area (Å²) in [6.45, 7) is 0. The van der Waals surface area contributed by atoms with Crippen molar-refractivity contribution in [3.63, 3.8) is 0 Å². The average Bonchev–Trinajstić information content (AvgIpc) is 2.58. The number of nitrogens with zero attached hydrogens (tertiary/aromatic N) is 1. The highest BCUT2D eigenvalue weighted by atomic mass is 35.5. The van der Waals surface area contributed by atoms with Crippen molar-refractivity contribution in [2.45, 2.75) is 6.42 Å². The number of halogens is 1. The Morgan fingerprint density at radius 1 is 0.864 bits per heavy atom. The van der Waals surface area contributed by atoms with Crippen molar-refractivity contribution >= 4 is 17.2 Å². The van der Waals surface area contributed by atoms with Gasteiger partial charge in [0.25, 0.3) is 0 Å². The fourth-order valence-corrected chi connectivity index (χ4v) is 2.48. The van der Waals surface area contributed by atoms with Gasteiger partial charge in [-0.3, -0.25) is 4.98 Å². The molecule has 0 saturated heterocycles. The highest BCUT2D eigenvalue weighted by Gasteiger charge is 2.06. The molecule has 2 heteroatoms. The molecule has 108 valence electrons. The van der Waals surface area contributed by atoms with Crippen LogP contribution in [-0.2, 0) is 6.42 Å². The molecule has 1 aromatic heterocycles. The Labute approximate surface area is 135 Å². The van der Waals surface area contributed by atoms with E-state index in [2.05, 4.69) is 35.3 Å². The van der Waals surface area contributed by atoms with Gasteiger partial charge in [0.15, 0.2) is 0 Å². The highest BCUT2D eigenvalue weighted by molar-refractivity contribution is 6.30. The smallest absolute Gasteiger partial charge is 0.0704 e. The molecule has 22 heavy (non-hydrogen) atoms. The van der Waals surface area contributed by atoms with Crippen molar-refractivity contribution < 1.29 is 0 Å². The van der Waals surface area contributed by atoms with Crippen LogP contribution in [0.15, 0.2) is 85.1 Å². The number of hydrogen-bond acceptors (Lipinski definition) is 1. The van der Waals surface area contributed by atoms with Crippen LogP contribution in [-0.4, -0.2) is 4.98 Å². The first-order valence-corrected chi connectivity index (χ1v) is 7.62. The Kier molecular flexibility index (Phi) is 4.67. The number of rotatable bonds is 4. The van der Waals surface area contributed by atoms with Crippen molar-refractivity contribution in [2.75, 3.05) is 0 Å². The molecule has 0 saturated carbocycles. The Morgan fingerprint density at radius 2 is 1.59 bits per heavy atom. The van der Waals surface area contributed by atoms with Gasteiger partial charge in [0.1, 0.15) is 0 Å². The maximum Gasteiger partial charge on any atom is 0.0704 e. The summed E-state index contributed by atoms with van der Waals surface area (Å²) < 4.78 is 0. The minimum absolute atomic E-state index is 0.743. The zero-order valence-corrected chi connectivity index (χ0v) is 12.9. The predicted octanol–water partition coefficient (Wildman–Crippen LogP) is 5.41. The number of allylic oxidation sites excluding steroid dienone is 1. The third-order valence-corrected chi connectivity index (χ3v) is 3.73. The first-order chi connectivity index (χ1) is 10.8. The maximum absolute atomic E-state index is 6.00. The number of aromatic nitrogens is 1. The second kappa shape index (κ2) is 7.06. The van der Waals surface area contributed by atoms with Gasteiger partial charge >= 0.3 is 0 Å². The van der Waals surface area contributed by atoms with Gasteiger partial charge in [0.2, 0.25) is 0 Å². The summed E-state index contributed by atoms with van der Waals surface area (Å²) in [5, 5.41) is 0.743. The molecule has 3 rings (SSSR count). The zero-order chi connectivity index (χ0) is 15.2. The Balaban J connectivity index is 1.98. The maximum atomic E-state index is 6.00. The Bertz CT molecular complexity index is 747. The molecule has 1 nitrogen and oxygen atoms in total. The first-order valence-electron chi connectivity index (χ1n) is 7.24. The standard InChI is InChI=1S/C20H16ClN/c21-18-12-10-17(11-13-18)19(20-8-4-5-15-22-20)14-9-16-6-2-1-3-7-16/h1-8,10-15H,9H2/b19-14+.